The Morgan fingerprint density at radius 2 is 1.90 bits per heavy atom. The van der Waals surface area contributed by atoms with Crippen molar-refractivity contribution in [1.82, 2.24) is 0 Å². The van der Waals surface area contributed by atoms with Crippen LogP contribution >= 0.6 is 27.5 Å². The van der Waals surface area contributed by atoms with Crippen LogP contribution in [0.15, 0.2) is 40.9 Å². The monoisotopic (exact) mass is 367 g/mol. The Labute approximate surface area is 139 Å². The van der Waals surface area contributed by atoms with Gasteiger partial charge in [0.25, 0.3) is 0 Å². The highest BCUT2D eigenvalue weighted by Crippen LogP contribution is 2.33. The average Bonchev–Trinajstić information content (AvgIpc) is 2.44. The van der Waals surface area contributed by atoms with Gasteiger partial charge in [-0.2, -0.15) is 0 Å². The van der Waals surface area contributed by atoms with E-state index in [0.717, 1.165) is 34.4 Å². The van der Waals surface area contributed by atoms with Crippen LogP contribution in [0.2, 0.25) is 5.02 Å². The molecule has 0 radical (unpaired) electrons. The molecule has 2 nitrogen and oxygen atoms in total. The second-order valence-corrected chi connectivity index (χ2v) is 6.44. The highest BCUT2D eigenvalue weighted by atomic mass is 79.9. The Morgan fingerprint density at radius 1 is 1.19 bits per heavy atom. The van der Waals surface area contributed by atoms with Gasteiger partial charge in [0.05, 0.1) is 4.47 Å². The summed E-state index contributed by atoms with van der Waals surface area (Å²) in [4.78, 5) is 0. The van der Waals surface area contributed by atoms with E-state index in [1.165, 1.54) is 5.56 Å². The molecule has 0 amide bonds. The lowest BCUT2D eigenvalue weighted by molar-refractivity contribution is 0.475. The molecule has 0 saturated carbocycles. The third-order valence-electron chi connectivity index (χ3n) is 3.38. The number of hydrogen-bond donors (Lipinski definition) is 1. The molecule has 0 heterocycles. The lowest BCUT2D eigenvalue weighted by Gasteiger charge is -2.13. The van der Waals surface area contributed by atoms with Gasteiger partial charge in [0, 0.05) is 11.1 Å². The molecule has 1 atom stereocenters. The van der Waals surface area contributed by atoms with E-state index < -0.39 is 0 Å². The summed E-state index contributed by atoms with van der Waals surface area (Å²) in [6.45, 7) is 4.15. The van der Waals surface area contributed by atoms with Gasteiger partial charge in [0.1, 0.15) is 11.5 Å². The molecule has 0 spiro atoms. The molecule has 0 aliphatic rings. The summed E-state index contributed by atoms with van der Waals surface area (Å²) in [5.74, 6) is 1.59. The van der Waals surface area contributed by atoms with E-state index in [1.54, 1.807) is 0 Å². The lowest BCUT2D eigenvalue weighted by atomic mass is 10.0. The highest BCUT2D eigenvalue weighted by Gasteiger charge is 2.08. The van der Waals surface area contributed by atoms with Gasteiger partial charge < -0.3 is 10.5 Å². The number of aryl methyl sites for hydroxylation is 1. The topological polar surface area (TPSA) is 35.2 Å². The minimum atomic E-state index is 0.210. The van der Waals surface area contributed by atoms with E-state index in [0.29, 0.717) is 5.02 Å². The van der Waals surface area contributed by atoms with E-state index in [-0.39, 0.29) is 6.04 Å². The molecule has 0 aliphatic carbocycles. The van der Waals surface area contributed by atoms with E-state index in [2.05, 4.69) is 35.0 Å². The van der Waals surface area contributed by atoms with Crippen LogP contribution in [0.1, 0.15) is 24.5 Å². The third kappa shape index (κ3) is 4.47. The van der Waals surface area contributed by atoms with Crippen molar-refractivity contribution in [3.05, 3.63) is 57.0 Å². The van der Waals surface area contributed by atoms with Gasteiger partial charge in [-0.1, -0.05) is 30.7 Å². The smallest absolute Gasteiger partial charge is 0.141 e. The fraction of sp³-hybridized carbons (Fsp3) is 0.294. The molecule has 0 aromatic heterocycles. The number of hydrogen-bond acceptors (Lipinski definition) is 2. The van der Waals surface area contributed by atoms with E-state index in [1.807, 2.05) is 31.2 Å². The fourth-order valence-corrected chi connectivity index (χ4v) is 2.84. The summed E-state index contributed by atoms with van der Waals surface area (Å²) in [5, 5.41) is 0.676. The van der Waals surface area contributed by atoms with Crippen molar-refractivity contribution in [1.29, 1.82) is 0 Å². The van der Waals surface area contributed by atoms with E-state index in [4.69, 9.17) is 22.1 Å². The molecule has 0 aliphatic heterocycles. The maximum Gasteiger partial charge on any atom is 0.141 e. The van der Waals surface area contributed by atoms with Crippen molar-refractivity contribution in [3.8, 4) is 11.5 Å². The van der Waals surface area contributed by atoms with Crippen LogP contribution in [0.3, 0.4) is 0 Å². The van der Waals surface area contributed by atoms with Gasteiger partial charge in [0.2, 0.25) is 0 Å². The zero-order chi connectivity index (χ0) is 15.4. The molecule has 112 valence electrons. The van der Waals surface area contributed by atoms with Gasteiger partial charge in [-0.25, -0.2) is 0 Å². The van der Waals surface area contributed by atoms with Gasteiger partial charge in [0.15, 0.2) is 0 Å². The molecular weight excluding hydrogens is 350 g/mol. The second kappa shape index (κ2) is 7.30. The van der Waals surface area contributed by atoms with Gasteiger partial charge in [-0.3, -0.25) is 0 Å². The van der Waals surface area contributed by atoms with Crippen LogP contribution in [0.5, 0.6) is 11.5 Å². The van der Waals surface area contributed by atoms with Gasteiger partial charge in [-0.05, 0) is 71.1 Å². The average molecular weight is 369 g/mol. The van der Waals surface area contributed by atoms with E-state index in [9.17, 15) is 0 Å². The molecule has 2 N–H and O–H groups in total. The number of nitrogens with two attached hydrogens (primary N) is 1. The van der Waals surface area contributed by atoms with Crippen LogP contribution in [0.4, 0.5) is 0 Å². The first kappa shape index (κ1) is 16.3. The van der Waals surface area contributed by atoms with Crippen molar-refractivity contribution in [2.75, 3.05) is 0 Å². The first-order valence-electron chi connectivity index (χ1n) is 6.97. The zero-order valence-electron chi connectivity index (χ0n) is 12.2. The Bertz CT molecular complexity index is 630. The van der Waals surface area contributed by atoms with Crippen molar-refractivity contribution in [3.63, 3.8) is 0 Å². The van der Waals surface area contributed by atoms with Crippen LogP contribution in [-0.4, -0.2) is 6.04 Å². The van der Waals surface area contributed by atoms with Crippen LogP contribution < -0.4 is 10.5 Å². The van der Waals surface area contributed by atoms with E-state index >= 15 is 0 Å². The largest absolute Gasteiger partial charge is 0.456 e. The maximum atomic E-state index is 6.00. The molecule has 2 rings (SSSR count). The number of ether oxygens (including phenoxy) is 1. The summed E-state index contributed by atoms with van der Waals surface area (Å²) < 4.78 is 6.78. The van der Waals surface area contributed by atoms with Crippen molar-refractivity contribution in [2.24, 2.45) is 5.73 Å². The normalized spacial score (nSPS) is 12.2. The third-order valence-corrected chi connectivity index (χ3v) is 4.23. The maximum absolute atomic E-state index is 6.00. The van der Waals surface area contributed by atoms with Crippen molar-refractivity contribution < 1.29 is 4.74 Å². The number of rotatable bonds is 5. The first-order chi connectivity index (χ1) is 9.99. The van der Waals surface area contributed by atoms with Crippen molar-refractivity contribution >= 4 is 27.5 Å². The Morgan fingerprint density at radius 3 is 2.52 bits per heavy atom. The zero-order valence-corrected chi connectivity index (χ0v) is 14.5. The standard InChI is InChI=1S/C17H19BrClNO/c1-3-14(20)9-12-4-6-16(11(2)8-12)21-17-7-5-13(19)10-15(17)18/h4-8,10,14H,3,9,20H2,1-2H3. The lowest BCUT2D eigenvalue weighted by Crippen LogP contribution is -2.21. The molecule has 1 unspecified atom stereocenters. The molecular formula is C17H19BrClNO. The summed E-state index contributed by atoms with van der Waals surface area (Å²) in [6, 6.07) is 11.9. The summed E-state index contributed by atoms with van der Waals surface area (Å²) in [6.07, 6.45) is 1.87. The second-order valence-electron chi connectivity index (χ2n) is 5.15. The summed E-state index contributed by atoms with van der Waals surface area (Å²) >= 11 is 9.40. The minimum Gasteiger partial charge on any atom is -0.456 e. The van der Waals surface area contributed by atoms with Gasteiger partial charge in [-0.15, -0.1) is 0 Å². The highest BCUT2D eigenvalue weighted by molar-refractivity contribution is 9.10. The number of halogens is 2. The first-order valence-corrected chi connectivity index (χ1v) is 8.14. The van der Waals surface area contributed by atoms with Gasteiger partial charge >= 0.3 is 0 Å². The quantitative estimate of drug-likeness (QED) is 0.758. The molecule has 2 aromatic rings. The van der Waals surface area contributed by atoms with Crippen LogP contribution in [-0.2, 0) is 6.42 Å². The molecule has 0 fully saturated rings. The molecule has 0 saturated heterocycles. The Balaban J connectivity index is 2.17. The molecule has 21 heavy (non-hydrogen) atoms. The molecule has 4 heteroatoms. The van der Waals surface area contributed by atoms with Crippen molar-refractivity contribution in [2.45, 2.75) is 32.7 Å². The number of benzene rings is 2. The molecule has 2 aromatic carbocycles. The fourth-order valence-electron chi connectivity index (χ4n) is 2.08. The Kier molecular flexibility index (Phi) is 5.68. The minimum absolute atomic E-state index is 0.210. The van der Waals surface area contributed by atoms with Crippen LogP contribution in [0, 0.1) is 6.92 Å². The summed E-state index contributed by atoms with van der Waals surface area (Å²) in [5.41, 5.74) is 8.34. The predicted octanol–water partition coefficient (Wildman–Crippen LogP) is 5.48. The summed E-state index contributed by atoms with van der Waals surface area (Å²) in [7, 11) is 0. The SMILES string of the molecule is CCC(N)Cc1ccc(Oc2ccc(Cl)cc2Br)c(C)c1. The molecule has 0 bridgehead atoms. The Hall–Kier alpha value is -1.03. The predicted molar refractivity (Wildman–Crippen MR) is 92.4 cm³/mol. The van der Waals surface area contributed by atoms with Crippen LogP contribution in [0.25, 0.3) is 0 Å².